The van der Waals surface area contributed by atoms with Gasteiger partial charge in [0.2, 0.25) is 5.91 Å². The summed E-state index contributed by atoms with van der Waals surface area (Å²) < 4.78 is 0. The van der Waals surface area contributed by atoms with Gasteiger partial charge in [0.1, 0.15) is 0 Å². The SMILES string of the molecule is Cc1cnc(NC(=O)CCCc2ccc3c(=O)[nH][nH]c3c2)s1. The monoisotopic (exact) mass is 316 g/mol. The number of carbonyl (C=O) groups is 1. The topological polar surface area (TPSA) is 90.6 Å². The van der Waals surface area contributed by atoms with Gasteiger partial charge in [-0.05, 0) is 37.5 Å². The van der Waals surface area contributed by atoms with Crippen LogP contribution >= 0.6 is 11.3 Å². The van der Waals surface area contributed by atoms with Crippen molar-refractivity contribution in [2.45, 2.75) is 26.2 Å². The summed E-state index contributed by atoms with van der Waals surface area (Å²) >= 11 is 1.47. The highest BCUT2D eigenvalue weighted by atomic mass is 32.1. The summed E-state index contributed by atoms with van der Waals surface area (Å²) in [7, 11) is 0. The fourth-order valence-electron chi connectivity index (χ4n) is 2.29. The number of rotatable bonds is 5. The molecule has 0 saturated heterocycles. The second-order valence-electron chi connectivity index (χ2n) is 5.14. The van der Waals surface area contributed by atoms with Crippen LogP contribution in [-0.2, 0) is 11.2 Å². The maximum Gasteiger partial charge on any atom is 0.271 e. The van der Waals surface area contributed by atoms with E-state index in [-0.39, 0.29) is 11.5 Å². The lowest BCUT2D eigenvalue weighted by atomic mass is 10.1. The van der Waals surface area contributed by atoms with E-state index in [0.29, 0.717) is 16.9 Å². The second kappa shape index (κ2) is 6.15. The highest BCUT2D eigenvalue weighted by molar-refractivity contribution is 7.15. The number of carbonyl (C=O) groups excluding carboxylic acids is 1. The molecule has 3 aromatic rings. The average Bonchev–Trinajstić information content (AvgIpc) is 3.05. The molecule has 22 heavy (non-hydrogen) atoms. The smallest absolute Gasteiger partial charge is 0.271 e. The van der Waals surface area contributed by atoms with Gasteiger partial charge < -0.3 is 5.32 Å². The van der Waals surface area contributed by atoms with Crippen LogP contribution in [0.4, 0.5) is 5.13 Å². The predicted octanol–water partition coefficient (Wildman–Crippen LogP) is 2.58. The first kappa shape index (κ1) is 14.5. The van der Waals surface area contributed by atoms with E-state index in [9.17, 15) is 9.59 Å². The Hall–Kier alpha value is -2.41. The quantitative estimate of drug-likeness (QED) is 0.675. The van der Waals surface area contributed by atoms with Crippen molar-refractivity contribution in [1.29, 1.82) is 0 Å². The molecule has 114 valence electrons. The summed E-state index contributed by atoms with van der Waals surface area (Å²) in [6.45, 7) is 1.95. The summed E-state index contributed by atoms with van der Waals surface area (Å²) in [4.78, 5) is 28.4. The third-order valence-electron chi connectivity index (χ3n) is 3.38. The molecule has 0 aliphatic rings. The van der Waals surface area contributed by atoms with Gasteiger partial charge in [0.05, 0.1) is 10.9 Å². The molecule has 0 atom stereocenters. The van der Waals surface area contributed by atoms with Crippen LogP contribution in [-0.4, -0.2) is 21.1 Å². The van der Waals surface area contributed by atoms with Crippen LogP contribution in [0.2, 0.25) is 0 Å². The first-order valence-corrected chi connectivity index (χ1v) is 7.85. The zero-order valence-electron chi connectivity index (χ0n) is 12.1. The molecule has 0 aliphatic carbocycles. The van der Waals surface area contributed by atoms with Crippen molar-refractivity contribution >= 4 is 33.3 Å². The molecule has 1 aromatic carbocycles. The summed E-state index contributed by atoms with van der Waals surface area (Å²) in [6.07, 6.45) is 3.72. The molecule has 1 amide bonds. The number of hydrogen-bond acceptors (Lipinski definition) is 4. The van der Waals surface area contributed by atoms with Crippen LogP contribution in [0.3, 0.4) is 0 Å². The van der Waals surface area contributed by atoms with Gasteiger partial charge >= 0.3 is 0 Å². The van der Waals surface area contributed by atoms with Crippen molar-refractivity contribution in [3.63, 3.8) is 0 Å². The van der Waals surface area contributed by atoms with Crippen LogP contribution in [0.25, 0.3) is 10.9 Å². The zero-order chi connectivity index (χ0) is 15.5. The summed E-state index contributed by atoms with van der Waals surface area (Å²) in [5, 5.41) is 9.49. The molecular weight excluding hydrogens is 300 g/mol. The average molecular weight is 316 g/mol. The van der Waals surface area contributed by atoms with Crippen LogP contribution in [0.1, 0.15) is 23.3 Å². The van der Waals surface area contributed by atoms with E-state index >= 15 is 0 Å². The van der Waals surface area contributed by atoms with Gasteiger partial charge in [0, 0.05) is 17.5 Å². The molecule has 3 N–H and O–H groups in total. The van der Waals surface area contributed by atoms with E-state index in [1.807, 2.05) is 19.1 Å². The number of nitrogens with zero attached hydrogens (tertiary/aromatic N) is 1. The van der Waals surface area contributed by atoms with Crippen molar-refractivity contribution in [1.82, 2.24) is 15.2 Å². The van der Waals surface area contributed by atoms with Gasteiger partial charge in [-0.15, -0.1) is 11.3 Å². The Labute approximate surface area is 130 Å². The van der Waals surface area contributed by atoms with E-state index < -0.39 is 0 Å². The first-order valence-electron chi connectivity index (χ1n) is 7.03. The van der Waals surface area contributed by atoms with Crippen molar-refractivity contribution in [3.05, 3.63) is 45.2 Å². The van der Waals surface area contributed by atoms with Crippen molar-refractivity contribution in [2.24, 2.45) is 0 Å². The molecule has 3 rings (SSSR count). The standard InChI is InChI=1S/C15H16N4O2S/c1-9-8-16-15(22-9)17-13(20)4-2-3-10-5-6-11-12(7-10)18-19-14(11)21/h5-8H,2-4H2,1H3,(H,16,17,20)(H2,18,19,21). The summed E-state index contributed by atoms with van der Waals surface area (Å²) in [6, 6.07) is 5.67. The number of aromatic amines is 2. The molecule has 7 heteroatoms. The van der Waals surface area contributed by atoms with E-state index in [4.69, 9.17) is 0 Å². The van der Waals surface area contributed by atoms with E-state index in [2.05, 4.69) is 20.5 Å². The molecule has 2 heterocycles. The lowest BCUT2D eigenvalue weighted by Gasteiger charge is -2.02. The van der Waals surface area contributed by atoms with Crippen molar-refractivity contribution in [2.75, 3.05) is 5.32 Å². The Morgan fingerprint density at radius 1 is 1.36 bits per heavy atom. The molecule has 0 saturated carbocycles. The highest BCUT2D eigenvalue weighted by Gasteiger charge is 2.06. The number of benzene rings is 1. The molecule has 0 spiro atoms. The number of H-pyrrole nitrogens is 2. The minimum Gasteiger partial charge on any atom is -0.302 e. The number of fused-ring (bicyclic) bond motifs is 1. The normalized spacial score (nSPS) is 11.0. The van der Waals surface area contributed by atoms with Gasteiger partial charge in [0.15, 0.2) is 5.13 Å². The Kier molecular flexibility index (Phi) is 4.06. The molecule has 0 fully saturated rings. The summed E-state index contributed by atoms with van der Waals surface area (Å²) in [5.74, 6) is -0.0227. The Morgan fingerprint density at radius 2 is 2.23 bits per heavy atom. The first-order chi connectivity index (χ1) is 10.6. The Morgan fingerprint density at radius 3 is 3.00 bits per heavy atom. The maximum atomic E-state index is 11.8. The highest BCUT2D eigenvalue weighted by Crippen LogP contribution is 2.17. The number of anilines is 1. The van der Waals surface area contributed by atoms with Crippen molar-refractivity contribution in [3.8, 4) is 0 Å². The molecule has 0 aliphatic heterocycles. The summed E-state index contributed by atoms with van der Waals surface area (Å²) in [5.41, 5.74) is 1.78. The third-order valence-corrected chi connectivity index (χ3v) is 4.20. The largest absolute Gasteiger partial charge is 0.302 e. The molecule has 0 radical (unpaired) electrons. The fraction of sp³-hybridized carbons (Fsp3) is 0.267. The van der Waals surface area contributed by atoms with Crippen molar-refractivity contribution < 1.29 is 4.79 Å². The van der Waals surface area contributed by atoms with Gasteiger partial charge in [-0.2, -0.15) is 0 Å². The lowest BCUT2D eigenvalue weighted by molar-refractivity contribution is -0.116. The molecular formula is C15H16N4O2S. The fourth-order valence-corrected chi connectivity index (χ4v) is 2.97. The van der Waals surface area contributed by atoms with Crippen LogP contribution < -0.4 is 10.9 Å². The van der Waals surface area contributed by atoms with Crippen LogP contribution in [0.15, 0.2) is 29.2 Å². The predicted molar refractivity (Wildman–Crippen MR) is 87.3 cm³/mol. The third kappa shape index (κ3) is 3.25. The van der Waals surface area contributed by atoms with Gasteiger partial charge in [-0.3, -0.25) is 19.8 Å². The number of aromatic nitrogens is 3. The van der Waals surface area contributed by atoms with Gasteiger partial charge in [-0.1, -0.05) is 6.07 Å². The Balaban J connectivity index is 1.53. The molecule has 6 nitrogen and oxygen atoms in total. The van der Waals surface area contributed by atoms with Gasteiger partial charge in [0.25, 0.3) is 5.56 Å². The second-order valence-corrected chi connectivity index (χ2v) is 6.37. The number of hydrogen-bond donors (Lipinski definition) is 3. The van der Waals surface area contributed by atoms with E-state index in [0.717, 1.165) is 28.8 Å². The number of amides is 1. The molecule has 2 aromatic heterocycles. The molecule has 0 bridgehead atoms. The number of nitrogens with one attached hydrogen (secondary N) is 3. The molecule has 0 unspecified atom stereocenters. The van der Waals surface area contributed by atoms with E-state index in [1.54, 1.807) is 12.3 Å². The number of aryl methyl sites for hydroxylation is 2. The van der Waals surface area contributed by atoms with E-state index in [1.165, 1.54) is 11.3 Å². The minimum absolute atomic E-state index is 0.0227. The zero-order valence-corrected chi connectivity index (χ0v) is 12.9. The van der Waals surface area contributed by atoms with Crippen LogP contribution in [0, 0.1) is 6.92 Å². The Bertz CT molecular complexity index is 862. The maximum absolute atomic E-state index is 11.8. The lowest BCUT2D eigenvalue weighted by Crippen LogP contribution is -2.11. The van der Waals surface area contributed by atoms with Gasteiger partial charge in [-0.25, -0.2) is 4.98 Å². The number of thiazole rings is 1. The minimum atomic E-state index is -0.111. The van der Waals surface area contributed by atoms with Crippen LogP contribution in [0.5, 0.6) is 0 Å².